The normalized spacial score (nSPS) is 19.7. The van der Waals surface area contributed by atoms with Crippen molar-refractivity contribution in [3.63, 3.8) is 0 Å². The Balaban J connectivity index is 1.41. The molecule has 0 radical (unpaired) electrons. The molecule has 1 atom stereocenters. The van der Waals surface area contributed by atoms with Crippen molar-refractivity contribution in [2.24, 2.45) is 0 Å². The lowest BCUT2D eigenvalue weighted by Crippen LogP contribution is -2.36. The Hall–Kier alpha value is -1.74. The first kappa shape index (κ1) is 22.5. The van der Waals surface area contributed by atoms with Gasteiger partial charge in [-0.1, -0.05) is 18.9 Å². The highest BCUT2D eigenvalue weighted by molar-refractivity contribution is 7.89. The highest BCUT2D eigenvalue weighted by Crippen LogP contribution is 2.28. The number of amides is 1. The molecule has 1 unspecified atom stereocenters. The van der Waals surface area contributed by atoms with Gasteiger partial charge in [0.1, 0.15) is 0 Å². The smallest absolute Gasteiger partial charge is 0.251 e. The maximum atomic E-state index is 12.9. The predicted molar refractivity (Wildman–Crippen MR) is 124 cm³/mol. The van der Waals surface area contributed by atoms with E-state index in [0.717, 1.165) is 38.8 Å². The Morgan fingerprint density at radius 2 is 1.58 bits per heavy atom. The summed E-state index contributed by atoms with van der Waals surface area (Å²) in [5.74, 6) is -0.167. The van der Waals surface area contributed by atoms with E-state index in [9.17, 15) is 13.2 Å². The lowest BCUT2D eigenvalue weighted by molar-refractivity contribution is 0.0938. The summed E-state index contributed by atoms with van der Waals surface area (Å²) in [4.78, 5) is 16.7. The van der Waals surface area contributed by atoms with E-state index in [1.807, 2.05) is 6.07 Å². The quantitative estimate of drug-likeness (QED) is 0.679. The molecule has 168 valence electrons. The fourth-order valence-electron chi connectivity index (χ4n) is 4.44. The van der Waals surface area contributed by atoms with E-state index < -0.39 is 10.0 Å². The fraction of sp³-hybridized carbons (Fsp3) is 0.522. The van der Waals surface area contributed by atoms with E-state index in [0.29, 0.717) is 25.2 Å². The van der Waals surface area contributed by atoms with Gasteiger partial charge in [0, 0.05) is 30.1 Å². The number of hydrogen-bond acceptors (Lipinski definition) is 5. The second-order valence-corrected chi connectivity index (χ2v) is 11.2. The Kier molecular flexibility index (Phi) is 7.43. The van der Waals surface area contributed by atoms with Crippen LogP contribution in [0.5, 0.6) is 0 Å². The number of likely N-dealkylation sites (tertiary alicyclic amines) is 1. The maximum absolute atomic E-state index is 12.9. The highest BCUT2D eigenvalue weighted by atomic mass is 32.2. The molecule has 31 heavy (non-hydrogen) atoms. The minimum Gasteiger partial charge on any atom is -0.350 e. The third-order valence-electron chi connectivity index (χ3n) is 6.23. The molecule has 0 bridgehead atoms. The van der Waals surface area contributed by atoms with Crippen molar-refractivity contribution in [1.82, 2.24) is 14.5 Å². The van der Waals surface area contributed by atoms with Crippen LogP contribution in [-0.2, 0) is 10.0 Å². The molecule has 3 heterocycles. The van der Waals surface area contributed by atoms with Crippen LogP contribution in [0.2, 0.25) is 0 Å². The van der Waals surface area contributed by atoms with E-state index in [2.05, 4.69) is 21.7 Å². The largest absolute Gasteiger partial charge is 0.350 e. The predicted octanol–water partition coefficient (Wildman–Crippen LogP) is 3.88. The zero-order chi connectivity index (χ0) is 21.7. The number of hydrogen-bond donors (Lipinski definition) is 1. The number of carbonyl (C=O) groups is 1. The molecule has 8 heteroatoms. The highest BCUT2D eigenvalue weighted by Gasteiger charge is 2.26. The minimum atomic E-state index is -3.50. The molecule has 2 aromatic rings. The van der Waals surface area contributed by atoms with Crippen molar-refractivity contribution in [1.29, 1.82) is 0 Å². The van der Waals surface area contributed by atoms with Crippen molar-refractivity contribution < 1.29 is 13.2 Å². The first-order chi connectivity index (χ1) is 15.1. The van der Waals surface area contributed by atoms with Gasteiger partial charge < -0.3 is 5.32 Å². The molecule has 0 aliphatic carbocycles. The van der Waals surface area contributed by atoms with Gasteiger partial charge in [-0.25, -0.2) is 8.42 Å². The molecular formula is C23H31N3O3S2. The van der Waals surface area contributed by atoms with Crippen molar-refractivity contribution >= 4 is 27.3 Å². The van der Waals surface area contributed by atoms with Crippen LogP contribution in [0.15, 0.2) is 46.7 Å². The number of sulfonamides is 1. The molecule has 2 aliphatic heterocycles. The monoisotopic (exact) mass is 461 g/mol. The molecule has 2 aliphatic rings. The molecule has 6 nitrogen and oxygen atoms in total. The number of benzene rings is 1. The van der Waals surface area contributed by atoms with Gasteiger partial charge in [0.2, 0.25) is 10.0 Å². The van der Waals surface area contributed by atoms with Crippen LogP contribution in [-0.4, -0.2) is 56.3 Å². The van der Waals surface area contributed by atoms with Crippen molar-refractivity contribution in [3.8, 4) is 0 Å². The summed E-state index contributed by atoms with van der Waals surface area (Å²) in [5, 5.41) is 5.13. The molecule has 1 aromatic carbocycles. The maximum Gasteiger partial charge on any atom is 0.251 e. The van der Waals surface area contributed by atoms with Crippen LogP contribution in [0.1, 0.15) is 59.8 Å². The zero-order valence-electron chi connectivity index (χ0n) is 17.8. The molecule has 2 fully saturated rings. The number of carbonyl (C=O) groups excluding carboxylic acids is 1. The Bertz CT molecular complexity index is 944. The average molecular weight is 462 g/mol. The second kappa shape index (κ2) is 10.3. The zero-order valence-corrected chi connectivity index (χ0v) is 19.5. The molecule has 1 N–H and O–H groups in total. The molecular weight excluding hydrogens is 430 g/mol. The third kappa shape index (κ3) is 5.37. The molecule has 1 aromatic heterocycles. The van der Waals surface area contributed by atoms with Crippen molar-refractivity contribution in [2.75, 3.05) is 32.7 Å². The topological polar surface area (TPSA) is 69.7 Å². The summed E-state index contributed by atoms with van der Waals surface area (Å²) in [7, 11) is -3.50. The van der Waals surface area contributed by atoms with Gasteiger partial charge in [-0.05, 0) is 74.5 Å². The fourth-order valence-corrected chi connectivity index (χ4v) is 6.82. The summed E-state index contributed by atoms with van der Waals surface area (Å²) >= 11 is 1.72. The van der Waals surface area contributed by atoms with E-state index in [1.54, 1.807) is 39.9 Å². The first-order valence-corrected chi connectivity index (χ1v) is 13.5. The van der Waals surface area contributed by atoms with Crippen molar-refractivity contribution in [2.45, 2.75) is 49.5 Å². The van der Waals surface area contributed by atoms with E-state index in [1.165, 1.54) is 17.7 Å². The molecule has 0 spiro atoms. The summed E-state index contributed by atoms with van der Waals surface area (Å²) in [6.45, 7) is 3.81. The van der Waals surface area contributed by atoms with Crippen LogP contribution in [0.3, 0.4) is 0 Å². The van der Waals surface area contributed by atoms with Gasteiger partial charge >= 0.3 is 0 Å². The van der Waals surface area contributed by atoms with Gasteiger partial charge in [-0.2, -0.15) is 4.31 Å². The third-order valence-corrected chi connectivity index (χ3v) is 9.11. The summed E-state index contributed by atoms with van der Waals surface area (Å²) < 4.78 is 27.5. The van der Waals surface area contributed by atoms with Gasteiger partial charge in [0.15, 0.2) is 0 Å². The standard InChI is InChI=1S/C23H31N3O3S2/c27-23(24-18-21(22-8-7-17-30-22)25-13-5-6-14-25)19-9-11-20(12-10-19)31(28,29)26-15-3-1-2-4-16-26/h7-12,17,21H,1-6,13-16,18H2,(H,24,27). The van der Waals surface area contributed by atoms with Crippen LogP contribution < -0.4 is 5.32 Å². The van der Waals surface area contributed by atoms with Crippen molar-refractivity contribution in [3.05, 3.63) is 52.2 Å². The van der Waals surface area contributed by atoms with E-state index >= 15 is 0 Å². The molecule has 2 saturated heterocycles. The van der Waals surface area contributed by atoms with Gasteiger partial charge in [0.05, 0.1) is 10.9 Å². The lowest BCUT2D eigenvalue weighted by Gasteiger charge is -2.27. The second-order valence-electron chi connectivity index (χ2n) is 8.33. The van der Waals surface area contributed by atoms with Gasteiger partial charge in [-0.15, -0.1) is 11.3 Å². The van der Waals surface area contributed by atoms with Crippen LogP contribution >= 0.6 is 11.3 Å². The van der Waals surface area contributed by atoms with E-state index in [4.69, 9.17) is 0 Å². The van der Waals surface area contributed by atoms with E-state index in [-0.39, 0.29) is 16.8 Å². The first-order valence-electron chi connectivity index (χ1n) is 11.2. The summed E-state index contributed by atoms with van der Waals surface area (Å²) in [6.07, 6.45) is 6.36. The van der Waals surface area contributed by atoms with Crippen LogP contribution in [0.25, 0.3) is 0 Å². The molecule has 1 amide bonds. The molecule has 4 rings (SSSR count). The van der Waals surface area contributed by atoms with Crippen LogP contribution in [0.4, 0.5) is 0 Å². The summed E-state index contributed by atoms with van der Waals surface area (Å²) in [6, 6.07) is 10.7. The van der Waals surface area contributed by atoms with Gasteiger partial charge in [0.25, 0.3) is 5.91 Å². The Morgan fingerprint density at radius 3 is 2.19 bits per heavy atom. The SMILES string of the molecule is O=C(NCC(c1cccs1)N1CCCC1)c1ccc(S(=O)(=O)N2CCCCCC2)cc1. The lowest BCUT2D eigenvalue weighted by atomic mass is 10.2. The average Bonchev–Trinajstić information content (AvgIpc) is 3.44. The minimum absolute atomic E-state index is 0.167. The number of thiophene rings is 1. The Morgan fingerprint density at radius 1 is 0.935 bits per heavy atom. The number of rotatable bonds is 7. The number of nitrogens with zero attached hydrogens (tertiary/aromatic N) is 2. The molecule has 0 saturated carbocycles. The van der Waals surface area contributed by atoms with Gasteiger partial charge in [-0.3, -0.25) is 9.69 Å². The van der Waals surface area contributed by atoms with Crippen LogP contribution in [0, 0.1) is 0 Å². The summed E-state index contributed by atoms with van der Waals surface area (Å²) in [5.41, 5.74) is 0.487. The number of nitrogens with one attached hydrogen (secondary N) is 1. The Labute approximate surface area is 189 Å².